The molecule has 0 aromatic heterocycles. The van der Waals surface area contributed by atoms with E-state index in [-0.39, 0.29) is 37.8 Å². The molecule has 7 heteroatoms. The van der Waals surface area contributed by atoms with Crippen LogP contribution in [-0.4, -0.2) is 37.8 Å². The van der Waals surface area contributed by atoms with Crippen LogP contribution < -0.4 is 24.4 Å². The van der Waals surface area contributed by atoms with Crippen molar-refractivity contribution >= 4 is 17.5 Å². The summed E-state index contributed by atoms with van der Waals surface area (Å²) in [5.74, 6) is 2.11. The number of amides is 2. The van der Waals surface area contributed by atoms with Crippen molar-refractivity contribution < 1.29 is 23.8 Å². The summed E-state index contributed by atoms with van der Waals surface area (Å²) in [5, 5.41) is 3.16. The molecule has 3 heterocycles. The molecule has 1 N–H and O–H groups in total. The molecule has 1 saturated carbocycles. The third kappa shape index (κ3) is 3.09. The molecule has 1 aliphatic carbocycles. The number of hydrogen-bond acceptors (Lipinski definition) is 5. The monoisotopic (exact) mass is 448 g/mol. The van der Waals surface area contributed by atoms with E-state index < -0.39 is 5.41 Å². The van der Waals surface area contributed by atoms with Gasteiger partial charge in [0.2, 0.25) is 18.6 Å². The number of carbonyl (C=O) groups is 2. The van der Waals surface area contributed by atoms with Crippen molar-refractivity contribution in [3.8, 4) is 17.2 Å². The minimum atomic E-state index is -0.984. The predicted molar refractivity (Wildman–Crippen MR) is 122 cm³/mol. The fourth-order valence-corrected chi connectivity index (χ4v) is 5.92. The highest BCUT2D eigenvalue weighted by Gasteiger charge is 2.57. The van der Waals surface area contributed by atoms with Crippen LogP contribution in [0.15, 0.2) is 36.4 Å². The fourth-order valence-electron chi connectivity index (χ4n) is 5.92. The van der Waals surface area contributed by atoms with Gasteiger partial charge < -0.3 is 24.4 Å². The molecule has 6 rings (SSSR count). The van der Waals surface area contributed by atoms with Gasteiger partial charge in [-0.3, -0.25) is 9.59 Å². The molecule has 4 aliphatic rings. The topological polar surface area (TPSA) is 77.1 Å². The molecule has 33 heavy (non-hydrogen) atoms. The maximum atomic E-state index is 14.0. The van der Waals surface area contributed by atoms with Gasteiger partial charge in [0.05, 0.1) is 0 Å². The molecule has 1 spiro atoms. The standard InChI is InChI=1S/C26H28N2O5/c1-16(17-7-3-2-4-8-17)27-24(29)13-28-20-10-6-5-9-18(20)26(25(28)30)14-31-21-12-23-22(11-19(21)26)32-15-33-23/h5-6,9-12,16-17H,2-4,7-8,13-15H2,1H3,(H,27,29). The SMILES string of the molecule is CC(NC(=O)CN1C(=O)C2(COc3cc4c(cc32)OCO4)c2ccccc21)C1CCCCC1. The van der Waals surface area contributed by atoms with Gasteiger partial charge in [-0.05, 0) is 43.4 Å². The van der Waals surface area contributed by atoms with Gasteiger partial charge in [-0.25, -0.2) is 0 Å². The Labute approximate surface area is 193 Å². The molecule has 0 saturated heterocycles. The van der Waals surface area contributed by atoms with E-state index in [2.05, 4.69) is 12.2 Å². The van der Waals surface area contributed by atoms with Crippen LogP contribution in [0, 0.1) is 5.92 Å². The van der Waals surface area contributed by atoms with Gasteiger partial charge in [-0.15, -0.1) is 0 Å². The number of ether oxygens (including phenoxy) is 3. The molecule has 2 unspecified atom stereocenters. The van der Waals surface area contributed by atoms with Gasteiger partial charge in [0.25, 0.3) is 0 Å². The summed E-state index contributed by atoms with van der Waals surface area (Å²) in [5.41, 5.74) is 1.41. The summed E-state index contributed by atoms with van der Waals surface area (Å²) in [7, 11) is 0. The third-order valence-corrected chi connectivity index (χ3v) is 7.69. The summed E-state index contributed by atoms with van der Waals surface area (Å²) in [6.45, 7) is 2.42. The number of anilines is 1. The van der Waals surface area contributed by atoms with Gasteiger partial charge in [-0.2, -0.15) is 0 Å². The van der Waals surface area contributed by atoms with E-state index in [1.54, 1.807) is 11.0 Å². The van der Waals surface area contributed by atoms with E-state index in [0.29, 0.717) is 23.2 Å². The minimum Gasteiger partial charge on any atom is -0.491 e. The van der Waals surface area contributed by atoms with Crippen LogP contribution in [0.1, 0.15) is 50.2 Å². The van der Waals surface area contributed by atoms with Gasteiger partial charge >= 0.3 is 0 Å². The first kappa shape index (κ1) is 20.4. The fraction of sp³-hybridized carbons (Fsp3) is 0.462. The summed E-state index contributed by atoms with van der Waals surface area (Å²) >= 11 is 0. The van der Waals surface area contributed by atoms with Crippen LogP contribution in [-0.2, 0) is 15.0 Å². The van der Waals surface area contributed by atoms with Crippen LogP contribution in [0.5, 0.6) is 17.2 Å². The maximum Gasteiger partial charge on any atom is 0.246 e. The summed E-state index contributed by atoms with van der Waals surface area (Å²) in [4.78, 5) is 28.6. The number of nitrogens with zero attached hydrogens (tertiary/aromatic N) is 1. The average Bonchev–Trinajstić information content (AvgIpc) is 3.51. The summed E-state index contributed by atoms with van der Waals surface area (Å²) in [6, 6.07) is 11.4. The van der Waals surface area contributed by atoms with E-state index in [4.69, 9.17) is 14.2 Å². The molecule has 0 radical (unpaired) electrons. The van der Waals surface area contributed by atoms with Crippen LogP contribution in [0.4, 0.5) is 5.69 Å². The van der Waals surface area contributed by atoms with Gasteiger partial charge in [0.15, 0.2) is 11.5 Å². The van der Waals surface area contributed by atoms with E-state index >= 15 is 0 Å². The zero-order valence-corrected chi connectivity index (χ0v) is 18.8. The normalized spacial score (nSPS) is 23.9. The van der Waals surface area contributed by atoms with E-state index in [9.17, 15) is 9.59 Å². The zero-order chi connectivity index (χ0) is 22.6. The Morgan fingerprint density at radius 1 is 1.06 bits per heavy atom. The van der Waals surface area contributed by atoms with Crippen molar-refractivity contribution in [1.82, 2.24) is 5.32 Å². The molecule has 3 aliphatic heterocycles. The highest BCUT2D eigenvalue weighted by molar-refractivity contribution is 6.13. The average molecular weight is 449 g/mol. The minimum absolute atomic E-state index is 0.00541. The Kier molecular flexibility index (Phi) is 4.75. The van der Waals surface area contributed by atoms with Crippen molar-refractivity contribution in [3.05, 3.63) is 47.5 Å². The number of rotatable bonds is 4. The largest absolute Gasteiger partial charge is 0.491 e. The second-order valence-corrected chi connectivity index (χ2v) is 9.56. The number of carbonyl (C=O) groups excluding carboxylic acids is 2. The lowest BCUT2D eigenvalue weighted by Crippen LogP contribution is -2.48. The highest BCUT2D eigenvalue weighted by atomic mass is 16.7. The Bertz CT molecular complexity index is 1130. The number of para-hydroxylation sites is 1. The lowest BCUT2D eigenvalue weighted by atomic mass is 9.77. The number of hydrogen-bond donors (Lipinski definition) is 1. The second kappa shape index (κ2) is 7.68. The van der Waals surface area contributed by atoms with Crippen LogP contribution in [0.3, 0.4) is 0 Å². The van der Waals surface area contributed by atoms with Gasteiger partial charge in [0, 0.05) is 23.4 Å². The van der Waals surface area contributed by atoms with Gasteiger partial charge in [0.1, 0.15) is 24.3 Å². The molecule has 2 aromatic rings. The molecule has 2 amide bonds. The molecule has 2 atom stereocenters. The Morgan fingerprint density at radius 2 is 1.82 bits per heavy atom. The molecule has 1 fully saturated rings. The Hall–Kier alpha value is -3.22. The second-order valence-electron chi connectivity index (χ2n) is 9.56. The molecule has 0 bridgehead atoms. The van der Waals surface area contributed by atoms with Crippen LogP contribution in [0.2, 0.25) is 0 Å². The maximum absolute atomic E-state index is 14.0. The Balaban J connectivity index is 1.30. The van der Waals surface area contributed by atoms with Crippen molar-refractivity contribution in [2.75, 3.05) is 24.8 Å². The van der Waals surface area contributed by atoms with Crippen LogP contribution in [0.25, 0.3) is 0 Å². The first-order chi connectivity index (χ1) is 16.1. The molecular formula is C26H28N2O5. The first-order valence-electron chi connectivity index (χ1n) is 11.9. The van der Waals surface area contributed by atoms with E-state index in [1.165, 1.54) is 19.3 Å². The van der Waals surface area contributed by atoms with E-state index in [1.807, 2.05) is 30.3 Å². The zero-order valence-electron chi connectivity index (χ0n) is 18.8. The van der Waals surface area contributed by atoms with Gasteiger partial charge in [-0.1, -0.05) is 37.5 Å². The van der Waals surface area contributed by atoms with E-state index in [0.717, 1.165) is 29.7 Å². The van der Waals surface area contributed by atoms with Crippen molar-refractivity contribution in [2.24, 2.45) is 5.92 Å². The van der Waals surface area contributed by atoms with Crippen LogP contribution >= 0.6 is 0 Å². The number of fused-ring (bicyclic) bond motifs is 5. The number of benzene rings is 2. The molecule has 2 aromatic carbocycles. The lowest BCUT2D eigenvalue weighted by molar-refractivity contribution is -0.126. The quantitative estimate of drug-likeness (QED) is 0.775. The van der Waals surface area contributed by atoms with Crippen molar-refractivity contribution in [2.45, 2.75) is 50.5 Å². The molecule has 7 nitrogen and oxygen atoms in total. The summed E-state index contributed by atoms with van der Waals surface area (Å²) < 4.78 is 17.1. The summed E-state index contributed by atoms with van der Waals surface area (Å²) in [6.07, 6.45) is 6.04. The highest BCUT2D eigenvalue weighted by Crippen LogP contribution is 2.54. The predicted octanol–water partition coefficient (Wildman–Crippen LogP) is 3.53. The van der Waals surface area contributed by atoms with Crippen molar-refractivity contribution in [3.63, 3.8) is 0 Å². The first-order valence-corrected chi connectivity index (χ1v) is 11.9. The molecular weight excluding hydrogens is 420 g/mol. The van der Waals surface area contributed by atoms with Crippen molar-refractivity contribution in [1.29, 1.82) is 0 Å². The smallest absolute Gasteiger partial charge is 0.246 e. The Morgan fingerprint density at radius 3 is 2.64 bits per heavy atom. The number of nitrogens with one attached hydrogen (secondary N) is 1. The molecule has 172 valence electrons. The third-order valence-electron chi connectivity index (χ3n) is 7.69. The lowest BCUT2D eigenvalue weighted by Gasteiger charge is -2.29.